The van der Waals surface area contributed by atoms with Crippen molar-refractivity contribution in [2.75, 3.05) is 0 Å². The van der Waals surface area contributed by atoms with Gasteiger partial charge in [0.15, 0.2) is 0 Å². The quantitative estimate of drug-likeness (QED) is 0.337. The van der Waals surface area contributed by atoms with Gasteiger partial charge >= 0.3 is 41.5 Å². The van der Waals surface area contributed by atoms with Crippen LogP contribution in [0.4, 0.5) is 0 Å². The van der Waals surface area contributed by atoms with E-state index in [4.69, 9.17) is 0 Å². The molecule has 0 N–H and O–H groups in total. The van der Waals surface area contributed by atoms with Gasteiger partial charge in [0.1, 0.15) is 0 Å². The third-order valence-electron chi connectivity index (χ3n) is 0.496. The topological polar surface area (TPSA) is 0 Å². The molecule has 1 unspecified atom stereocenters. The van der Waals surface area contributed by atoms with Gasteiger partial charge in [0.05, 0.1) is 0 Å². The molecule has 0 aliphatic heterocycles. The van der Waals surface area contributed by atoms with Crippen molar-refractivity contribution in [3.8, 4) is 0 Å². The fourth-order valence-electron chi connectivity index (χ4n) is 0.304. The number of rotatable bonds is 1. The van der Waals surface area contributed by atoms with Gasteiger partial charge in [-0.15, -0.1) is 0 Å². The molecule has 0 saturated heterocycles. The van der Waals surface area contributed by atoms with Crippen LogP contribution in [0.3, 0.4) is 0 Å². The Morgan fingerprint density at radius 2 is 2.33 bits per heavy atom. The summed E-state index contributed by atoms with van der Waals surface area (Å²) in [6.45, 7) is 6.21. The van der Waals surface area contributed by atoms with Crippen LogP contribution in [0, 0.1) is 0 Å². The molecule has 0 fully saturated rings. The van der Waals surface area contributed by atoms with Gasteiger partial charge in [-0.05, 0) is 0 Å². The average Bonchev–Trinajstić information content (AvgIpc) is 1.35. The Morgan fingerprint density at radius 1 is 1.83 bits per heavy atom. The van der Waals surface area contributed by atoms with E-state index in [1.165, 1.54) is 0 Å². The van der Waals surface area contributed by atoms with Crippen molar-refractivity contribution in [2.24, 2.45) is 0 Å². The second kappa shape index (κ2) is 3.55. The monoisotopic (exact) mass is 100 g/mol. The van der Waals surface area contributed by atoms with Crippen LogP contribution in [0.25, 0.3) is 0 Å². The number of hydrogen-bond donors (Lipinski definition) is 0. The van der Waals surface area contributed by atoms with Crippen LogP contribution in [0.5, 0.6) is 0 Å². The second-order valence-corrected chi connectivity index (χ2v) is 2.44. The van der Waals surface area contributed by atoms with Gasteiger partial charge in [-0.3, -0.25) is 0 Å². The van der Waals surface area contributed by atoms with Gasteiger partial charge in [0.2, 0.25) is 0 Å². The van der Waals surface area contributed by atoms with Crippen molar-refractivity contribution < 1.29 is 0 Å². The summed E-state index contributed by atoms with van der Waals surface area (Å²) in [5.41, 5.74) is 0.634. The molecule has 0 bridgehead atoms. The normalized spacial score (nSPS) is 14.5. The Bertz CT molecular complexity index is 49.5. The molecule has 0 amide bonds. The van der Waals surface area contributed by atoms with Crippen LogP contribution in [0.1, 0.15) is 6.92 Å². The zero-order chi connectivity index (χ0) is 4.99. The van der Waals surface area contributed by atoms with Crippen LogP contribution in [0.2, 0.25) is 6.82 Å². The molecule has 0 radical (unpaired) electrons. The summed E-state index contributed by atoms with van der Waals surface area (Å²) in [6, 6.07) is 0. The molecular formula is C4H10BP. The van der Waals surface area contributed by atoms with Crippen molar-refractivity contribution in [3.63, 3.8) is 0 Å². The molecule has 0 aromatic rings. The molecule has 0 rings (SSSR count). The van der Waals surface area contributed by atoms with Crippen molar-refractivity contribution in [3.05, 3.63) is 0 Å². The Hall–Kier alpha value is 0.365. The summed E-state index contributed by atoms with van der Waals surface area (Å²) in [7, 11) is 2.69. The molecule has 34 valence electrons. The first-order valence-corrected chi connectivity index (χ1v) is 2.82. The fraction of sp³-hybridized carbons (Fsp3) is 0.750. The van der Waals surface area contributed by atoms with Gasteiger partial charge in [0, 0.05) is 0 Å². The van der Waals surface area contributed by atoms with E-state index in [2.05, 4.69) is 29.1 Å². The van der Waals surface area contributed by atoms with Crippen molar-refractivity contribution in [1.82, 2.24) is 0 Å². The van der Waals surface area contributed by atoms with E-state index < -0.39 is 0 Å². The fourth-order valence-corrected chi connectivity index (χ4v) is 0.526. The summed E-state index contributed by atoms with van der Waals surface area (Å²) >= 11 is 0. The SMILES string of the molecule is C/B=C/[C@@H](C)P. The molecule has 0 aromatic carbocycles. The van der Waals surface area contributed by atoms with E-state index in [1.54, 1.807) is 0 Å². The Balaban J connectivity index is 3.03. The van der Waals surface area contributed by atoms with Gasteiger partial charge in [-0.1, -0.05) is 0 Å². The molecule has 0 spiro atoms. The maximum absolute atomic E-state index is 2.69. The average molecular weight is 99.9 g/mol. The van der Waals surface area contributed by atoms with Crippen LogP contribution in [-0.4, -0.2) is 18.5 Å². The van der Waals surface area contributed by atoms with Crippen LogP contribution >= 0.6 is 9.24 Å². The van der Waals surface area contributed by atoms with E-state index in [9.17, 15) is 0 Å². The molecule has 0 aromatic heterocycles. The predicted molar refractivity (Wildman–Crippen MR) is 36.9 cm³/mol. The minimum atomic E-state index is 0.634. The third kappa shape index (κ3) is 4.36. The van der Waals surface area contributed by atoms with Gasteiger partial charge in [-0.25, -0.2) is 0 Å². The van der Waals surface area contributed by atoms with E-state index in [1.807, 2.05) is 6.82 Å². The standard InChI is InChI=1S/C4H10BP/c1-4(6)3-5-2/h3-4H,6H2,1-2H3/t4-/m1/s1. The van der Waals surface area contributed by atoms with E-state index >= 15 is 0 Å². The predicted octanol–water partition coefficient (Wildman–Crippen LogP) is 0.804. The van der Waals surface area contributed by atoms with Crippen LogP contribution < -0.4 is 0 Å². The summed E-state index contributed by atoms with van der Waals surface area (Å²) in [4.78, 5) is 0. The Kier molecular flexibility index (Phi) is 3.77. The Morgan fingerprint density at radius 3 is 2.33 bits per heavy atom. The summed E-state index contributed by atoms with van der Waals surface area (Å²) < 4.78 is 0. The van der Waals surface area contributed by atoms with Crippen molar-refractivity contribution in [2.45, 2.75) is 19.4 Å². The molecule has 0 aliphatic rings. The summed E-state index contributed by atoms with van der Waals surface area (Å²) in [6.07, 6.45) is 0. The first-order valence-electron chi connectivity index (χ1n) is 2.15. The molecule has 0 heterocycles. The molecule has 0 saturated carbocycles. The zero-order valence-corrected chi connectivity index (χ0v) is 5.46. The first-order chi connectivity index (χ1) is 2.77. The van der Waals surface area contributed by atoms with Crippen molar-refractivity contribution in [1.29, 1.82) is 0 Å². The molecule has 6 heavy (non-hydrogen) atoms. The first kappa shape index (κ1) is 6.36. The summed E-state index contributed by atoms with van der Waals surface area (Å²) in [5.74, 6) is 2.13. The maximum atomic E-state index is 2.69. The molecule has 2 heteroatoms. The van der Waals surface area contributed by atoms with Gasteiger partial charge in [0.25, 0.3) is 0 Å². The van der Waals surface area contributed by atoms with Gasteiger partial charge < -0.3 is 0 Å². The molecular weight excluding hydrogens is 89.8 g/mol. The summed E-state index contributed by atoms with van der Waals surface area (Å²) in [5, 5.41) is 0. The van der Waals surface area contributed by atoms with Gasteiger partial charge in [-0.2, -0.15) is 0 Å². The number of hydrogen-bond acceptors (Lipinski definition) is 0. The molecule has 2 atom stereocenters. The third-order valence-corrected chi connectivity index (χ3v) is 0.718. The molecule has 0 nitrogen and oxygen atoms in total. The van der Waals surface area contributed by atoms with Crippen LogP contribution in [0.15, 0.2) is 0 Å². The second-order valence-electron chi connectivity index (χ2n) is 1.38. The van der Waals surface area contributed by atoms with E-state index in [0.717, 1.165) is 0 Å². The van der Waals surface area contributed by atoms with Crippen molar-refractivity contribution >= 4 is 22.1 Å². The zero-order valence-electron chi connectivity index (χ0n) is 4.31. The van der Waals surface area contributed by atoms with E-state index in [0.29, 0.717) is 5.66 Å². The van der Waals surface area contributed by atoms with Crippen LogP contribution in [-0.2, 0) is 0 Å². The minimum absolute atomic E-state index is 0.634. The van der Waals surface area contributed by atoms with E-state index in [-0.39, 0.29) is 0 Å². The molecule has 0 aliphatic carbocycles. The Labute approximate surface area is 42.4 Å².